The summed E-state index contributed by atoms with van der Waals surface area (Å²) in [6, 6.07) is 6.11. The van der Waals surface area contributed by atoms with E-state index < -0.39 is 0 Å². The lowest BCUT2D eigenvalue weighted by Crippen LogP contribution is -2.38. The highest BCUT2D eigenvalue weighted by Crippen LogP contribution is 2.37. The molecule has 3 N–H and O–H groups in total. The monoisotopic (exact) mass is 491 g/mol. The Hall–Kier alpha value is -3.46. The molecule has 2 aliphatic rings. The lowest BCUT2D eigenvalue weighted by atomic mass is 10.1. The van der Waals surface area contributed by atoms with Gasteiger partial charge in [-0.25, -0.2) is 9.97 Å². The number of aryl methyl sites for hydroxylation is 2. The molecule has 3 aromatic rings. The number of H-pyrrole nitrogens is 1. The van der Waals surface area contributed by atoms with Crippen molar-refractivity contribution in [3.63, 3.8) is 0 Å². The molecule has 2 aliphatic carbocycles. The predicted molar refractivity (Wildman–Crippen MR) is 136 cm³/mol. The first kappa shape index (κ1) is 24.2. The maximum Gasteiger partial charge on any atom is 0.255 e. The van der Waals surface area contributed by atoms with E-state index in [2.05, 4.69) is 31.7 Å². The Bertz CT molecular complexity index is 1280. The molecule has 2 fully saturated rings. The van der Waals surface area contributed by atoms with Crippen molar-refractivity contribution in [2.24, 2.45) is 5.92 Å². The highest BCUT2D eigenvalue weighted by atomic mass is 16.5. The van der Waals surface area contributed by atoms with Gasteiger partial charge >= 0.3 is 0 Å². The van der Waals surface area contributed by atoms with Gasteiger partial charge in [0.1, 0.15) is 29.9 Å². The molecule has 0 spiro atoms. The van der Waals surface area contributed by atoms with Gasteiger partial charge in [-0.15, -0.1) is 0 Å². The summed E-state index contributed by atoms with van der Waals surface area (Å²) in [6.45, 7) is 4.66. The Kier molecular flexibility index (Phi) is 6.91. The summed E-state index contributed by atoms with van der Waals surface area (Å²) < 4.78 is 11.0. The molecule has 2 aromatic heterocycles. The highest BCUT2D eigenvalue weighted by Gasteiger charge is 2.29. The van der Waals surface area contributed by atoms with Crippen molar-refractivity contribution in [2.75, 3.05) is 20.3 Å². The van der Waals surface area contributed by atoms with Crippen LogP contribution in [0.3, 0.4) is 0 Å². The Morgan fingerprint density at radius 2 is 1.86 bits per heavy atom. The molecule has 190 valence electrons. The summed E-state index contributed by atoms with van der Waals surface area (Å²) in [5.74, 6) is 1.11. The number of nitrogens with zero attached hydrogens (tertiary/aromatic N) is 2. The summed E-state index contributed by atoms with van der Waals surface area (Å²) in [6.07, 6.45) is 6.25. The minimum absolute atomic E-state index is 0.0183. The van der Waals surface area contributed by atoms with Crippen molar-refractivity contribution < 1.29 is 19.1 Å². The predicted octanol–water partition coefficient (Wildman–Crippen LogP) is 3.44. The standard InChI is InChI=1S/C27H33N5O4/c1-15-4-9-21(36-12-17-5-6-17)20(10-15)24-26-25(29-14-28-24)23(16(2)30-26)27(34)32-19-8-7-18(11-19)31-22(33)13-35-3/h4,9-10,14,17-19,30H,5-8,11-13H2,1-3H3,(H,31,33)(H,32,34). The van der Waals surface area contributed by atoms with Crippen LogP contribution in [-0.2, 0) is 9.53 Å². The Morgan fingerprint density at radius 1 is 1.08 bits per heavy atom. The van der Waals surface area contributed by atoms with E-state index in [-0.39, 0.29) is 30.5 Å². The number of aromatic nitrogens is 3. The Labute approximate surface area is 210 Å². The fourth-order valence-corrected chi connectivity index (χ4v) is 4.95. The SMILES string of the molecule is COCC(=O)NC1CCC(NC(=O)c2c(C)[nH]c3c(-c4cc(C)ccc4OCC4CC4)ncnc23)C1. The van der Waals surface area contributed by atoms with Crippen molar-refractivity contribution in [1.82, 2.24) is 25.6 Å². The van der Waals surface area contributed by atoms with Crippen LogP contribution in [0.2, 0.25) is 0 Å². The van der Waals surface area contributed by atoms with E-state index in [4.69, 9.17) is 9.47 Å². The zero-order valence-corrected chi connectivity index (χ0v) is 21.0. The zero-order valence-electron chi connectivity index (χ0n) is 21.0. The average Bonchev–Trinajstić information content (AvgIpc) is 3.47. The maximum atomic E-state index is 13.4. The molecule has 1 aromatic carbocycles. The number of hydrogen-bond donors (Lipinski definition) is 3. The normalized spacial score (nSPS) is 19.4. The lowest BCUT2D eigenvalue weighted by molar-refractivity contribution is -0.125. The van der Waals surface area contributed by atoms with Gasteiger partial charge in [-0.05, 0) is 64.0 Å². The molecule has 9 heteroatoms. The van der Waals surface area contributed by atoms with Crippen LogP contribution in [0.4, 0.5) is 0 Å². The van der Waals surface area contributed by atoms with Gasteiger partial charge in [0, 0.05) is 30.5 Å². The Balaban J connectivity index is 1.38. The minimum atomic E-state index is -0.174. The van der Waals surface area contributed by atoms with Gasteiger partial charge in [-0.3, -0.25) is 9.59 Å². The van der Waals surface area contributed by atoms with E-state index in [1.54, 1.807) is 0 Å². The smallest absolute Gasteiger partial charge is 0.255 e. The van der Waals surface area contributed by atoms with Gasteiger partial charge in [0.2, 0.25) is 5.91 Å². The topological polar surface area (TPSA) is 118 Å². The van der Waals surface area contributed by atoms with E-state index in [1.807, 2.05) is 26.0 Å². The van der Waals surface area contributed by atoms with Crippen molar-refractivity contribution in [3.8, 4) is 17.0 Å². The fourth-order valence-electron chi connectivity index (χ4n) is 4.95. The van der Waals surface area contributed by atoms with Crippen LogP contribution in [0.15, 0.2) is 24.5 Å². The summed E-state index contributed by atoms with van der Waals surface area (Å²) in [7, 11) is 1.50. The van der Waals surface area contributed by atoms with E-state index in [0.29, 0.717) is 30.0 Å². The molecule has 2 saturated carbocycles. The van der Waals surface area contributed by atoms with Crippen LogP contribution < -0.4 is 15.4 Å². The van der Waals surface area contributed by atoms with Crippen LogP contribution in [0, 0.1) is 19.8 Å². The lowest BCUT2D eigenvalue weighted by Gasteiger charge is -2.15. The van der Waals surface area contributed by atoms with Gasteiger partial charge in [0.05, 0.1) is 17.7 Å². The number of hydrogen-bond acceptors (Lipinski definition) is 6. The Morgan fingerprint density at radius 3 is 2.61 bits per heavy atom. The van der Waals surface area contributed by atoms with E-state index in [1.165, 1.54) is 26.3 Å². The van der Waals surface area contributed by atoms with Crippen molar-refractivity contribution in [1.29, 1.82) is 0 Å². The van der Waals surface area contributed by atoms with Gasteiger partial charge in [-0.2, -0.15) is 0 Å². The molecule has 9 nitrogen and oxygen atoms in total. The number of amides is 2. The summed E-state index contributed by atoms with van der Waals surface area (Å²) in [5.41, 5.74) is 5.28. The number of fused-ring (bicyclic) bond motifs is 1. The molecular formula is C27H33N5O4. The number of carbonyl (C=O) groups is 2. The quantitative estimate of drug-likeness (QED) is 0.422. The third kappa shape index (κ3) is 5.21. The molecule has 2 amide bonds. The third-order valence-corrected chi connectivity index (χ3v) is 6.97. The summed E-state index contributed by atoms with van der Waals surface area (Å²) in [5, 5.41) is 6.10. The van der Waals surface area contributed by atoms with Gasteiger partial charge in [0.15, 0.2) is 0 Å². The highest BCUT2D eigenvalue weighted by molar-refractivity contribution is 6.09. The van der Waals surface area contributed by atoms with Crippen LogP contribution in [0.25, 0.3) is 22.3 Å². The molecule has 5 rings (SSSR count). The second-order valence-electron chi connectivity index (χ2n) is 10.0. The number of benzene rings is 1. The number of aromatic amines is 1. The molecule has 0 bridgehead atoms. The summed E-state index contributed by atoms with van der Waals surface area (Å²) >= 11 is 0. The van der Waals surface area contributed by atoms with E-state index in [9.17, 15) is 9.59 Å². The molecule has 36 heavy (non-hydrogen) atoms. The number of carbonyl (C=O) groups excluding carboxylic acids is 2. The van der Waals surface area contributed by atoms with Crippen molar-refractivity contribution in [3.05, 3.63) is 41.3 Å². The fraction of sp³-hybridized carbons (Fsp3) is 0.481. The average molecular weight is 492 g/mol. The second-order valence-corrected chi connectivity index (χ2v) is 10.0. The molecule has 0 radical (unpaired) electrons. The molecular weight excluding hydrogens is 458 g/mol. The third-order valence-electron chi connectivity index (χ3n) is 6.97. The van der Waals surface area contributed by atoms with Crippen LogP contribution >= 0.6 is 0 Å². The van der Waals surface area contributed by atoms with Gasteiger partial charge in [-0.1, -0.05) is 11.6 Å². The first-order chi connectivity index (χ1) is 17.4. The van der Waals surface area contributed by atoms with E-state index >= 15 is 0 Å². The van der Waals surface area contributed by atoms with Crippen LogP contribution in [0.1, 0.15) is 53.7 Å². The minimum Gasteiger partial charge on any atom is -0.493 e. The van der Waals surface area contributed by atoms with E-state index in [0.717, 1.165) is 46.6 Å². The molecule has 2 unspecified atom stereocenters. The van der Waals surface area contributed by atoms with Crippen molar-refractivity contribution >= 4 is 22.8 Å². The number of methoxy groups -OCH3 is 1. The largest absolute Gasteiger partial charge is 0.493 e. The maximum absolute atomic E-state index is 13.4. The first-order valence-electron chi connectivity index (χ1n) is 12.6. The molecule has 2 heterocycles. The molecule has 0 aliphatic heterocycles. The number of rotatable bonds is 9. The van der Waals surface area contributed by atoms with Gasteiger partial charge < -0.3 is 25.1 Å². The number of nitrogens with one attached hydrogen (secondary N) is 3. The molecule has 0 saturated heterocycles. The summed E-state index contributed by atoms with van der Waals surface area (Å²) in [4.78, 5) is 37.6. The van der Waals surface area contributed by atoms with Crippen LogP contribution in [-0.4, -0.2) is 59.2 Å². The number of ether oxygens (including phenoxy) is 2. The van der Waals surface area contributed by atoms with Gasteiger partial charge in [0.25, 0.3) is 5.91 Å². The first-order valence-corrected chi connectivity index (χ1v) is 12.6. The van der Waals surface area contributed by atoms with Crippen LogP contribution in [0.5, 0.6) is 5.75 Å². The second kappa shape index (κ2) is 10.3. The van der Waals surface area contributed by atoms with Crippen molar-refractivity contribution in [2.45, 2.75) is 58.0 Å². The molecule has 2 atom stereocenters. The zero-order chi connectivity index (χ0) is 25.2.